The van der Waals surface area contributed by atoms with E-state index in [-0.39, 0.29) is 17.4 Å². The number of primary amides is 1. The summed E-state index contributed by atoms with van der Waals surface area (Å²) in [4.78, 5) is 35.7. The molecule has 1 aliphatic rings. The number of carbonyl (C=O) groups excluding carboxylic acids is 2. The van der Waals surface area contributed by atoms with E-state index in [1.807, 2.05) is 0 Å². The maximum absolute atomic E-state index is 12.2. The minimum atomic E-state index is -0.849. The third-order valence-electron chi connectivity index (χ3n) is 3.69. The number of aliphatic carboxylic acids is 1. The third-order valence-corrected chi connectivity index (χ3v) is 3.69. The lowest BCUT2D eigenvalue weighted by Crippen LogP contribution is -2.53. The Bertz CT molecular complexity index is 564. The topological polar surface area (TPSA) is 101 Å². The molecule has 3 N–H and O–H groups in total. The Morgan fingerprint density at radius 2 is 1.90 bits per heavy atom. The number of nitrogens with zero attached hydrogens (tertiary/aromatic N) is 1. The van der Waals surface area contributed by atoms with Crippen molar-refractivity contribution < 1.29 is 19.5 Å². The number of carbonyl (C=O) groups is 3. The predicted molar refractivity (Wildman–Crippen MR) is 71.2 cm³/mol. The summed E-state index contributed by atoms with van der Waals surface area (Å²) in [7, 11) is 0. The lowest BCUT2D eigenvalue weighted by molar-refractivity contribution is -0.144. The zero-order valence-electron chi connectivity index (χ0n) is 11.1. The molecule has 1 heterocycles. The first-order valence-electron chi connectivity index (χ1n) is 6.32. The van der Waals surface area contributed by atoms with E-state index in [1.165, 1.54) is 6.07 Å². The Hall–Kier alpha value is -2.37. The van der Waals surface area contributed by atoms with Crippen LogP contribution in [0.5, 0.6) is 0 Å². The number of carboxylic acids is 1. The van der Waals surface area contributed by atoms with Crippen molar-refractivity contribution in [2.24, 2.45) is 17.6 Å². The van der Waals surface area contributed by atoms with Crippen molar-refractivity contribution in [2.75, 3.05) is 13.1 Å². The maximum atomic E-state index is 12.2. The summed E-state index contributed by atoms with van der Waals surface area (Å²) >= 11 is 0. The van der Waals surface area contributed by atoms with Crippen LogP contribution in [0.1, 0.15) is 27.6 Å². The van der Waals surface area contributed by atoms with Gasteiger partial charge in [-0.25, -0.2) is 0 Å². The zero-order chi connectivity index (χ0) is 14.9. The lowest BCUT2D eigenvalue weighted by Gasteiger charge is -2.41. The summed E-state index contributed by atoms with van der Waals surface area (Å²) < 4.78 is 0. The number of hydrogen-bond donors (Lipinski definition) is 2. The molecule has 2 rings (SSSR count). The van der Waals surface area contributed by atoms with Gasteiger partial charge in [0.25, 0.3) is 5.91 Å². The van der Waals surface area contributed by atoms with E-state index in [9.17, 15) is 14.4 Å². The van der Waals surface area contributed by atoms with Crippen molar-refractivity contribution in [3.05, 3.63) is 35.4 Å². The van der Waals surface area contributed by atoms with E-state index in [0.717, 1.165) is 0 Å². The number of amides is 2. The van der Waals surface area contributed by atoms with Crippen molar-refractivity contribution in [1.29, 1.82) is 0 Å². The van der Waals surface area contributed by atoms with Crippen LogP contribution in [0.25, 0.3) is 0 Å². The summed E-state index contributed by atoms with van der Waals surface area (Å²) in [6, 6.07) is 6.22. The maximum Gasteiger partial charge on any atom is 0.306 e. The molecule has 2 amide bonds. The zero-order valence-corrected chi connectivity index (χ0v) is 11.1. The van der Waals surface area contributed by atoms with Crippen LogP contribution < -0.4 is 5.73 Å². The first-order valence-corrected chi connectivity index (χ1v) is 6.32. The van der Waals surface area contributed by atoms with E-state index in [0.29, 0.717) is 18.7 Å². The second-order valence-electron chi connectivity index (χ2n) is 5.04. The monoisotopic (exact) mass is 276 g/mol. The van der Waals surface area contributed by atoms with E-state index < -0.39 is 17.8 Å². The molecule has 1 saturated heterocycles. The molecule has 0 aromatic heterocycles. The molecule has 0 bridgehead atoms. The standard InChI is InChI=1S/C14H16N2O4/c1-8(14(19)20)11-6-16(7-11)13(18)10-4-2-3-9(5-10)12(15)17/h2-5,8,11H,6-7H2,1H3,(H2,15,17)(H,19,20). The molecular formula is C14H16N2O4. The van der Waals surface area contributed by atoms with Gasteiger partial charge in [0.05, 0.1) is 5.92 Å². The highest BCUT2D eigenvalue weighted by Crippen LogP contribution is 2.25. The predicted octanol–water partition coefficient (Wildman–Crippen LogP) is 0.578. The highest BCUT2D eigenvalue weighted by atomic mass is 16.4. The highest BCUT2D eigenvalue weighted by Gasteiger charge is 2.37. The molecule has 0 spiro atoms. The van der Waals surface area contributed by atoms with Gasteiger partial charge in [0.15, 0.2) is 0 Å². The van der Waals surface area contributed by atoms with E-state index in [4.69, 9.17) is 10.8 Å². The molecule has 0 aliphatic carbocycles. The first-order chi connectivity index (χ1) is 9.40. The van der Waals surface area contributed by atoms with Gasteiger partial charge < -0.3 is 15.7 Å². The van der Waals surface area contributed by atoms with E-state index in [1.54, 1.807) is 30.0 Å². The van der Waals surface area contributed by atoms with Gasteiger partial charge in [0, 0.05) is 30.1 Å². The molecule has 1 fully saturated rings. The molecule has 1 aromatic carbocycles. The number of hydrogen-bond acceptors (Lipinski definition) is 3. The lowest BCUT2D eigenvalue weighted by atomic mass is 9.86. The van der Waals surface area contributed by atoms with Gasteiger partial charge in [0.2, 0.25) is 5.91 Å². The van der Waals surface area contributed by atoms with Crippen LogP contribution in [-0.2, 0) is 4.79 Å². The van der Waals surface area contributed by atoms with Gasteiger partial charge in [-0.3, -0.25) is 14.4 Å². The summed E-state index contributed by atoms with van der Waals surface area (Å²) in [6.07, 6.45) is 0. The van der Waals surface area contributed by atoms with Gasteiger partial charge in [-0.05, 0) is 18.2 Å². The second kappa shape index (κ2) is 5.32. The first kappa shape index (κ1) is 14.0. The van der Waals surface area contributed by atoms with Crippen LogP contribution in [0, 0.1) is 11.8 Å². The van der Waals surface area contributed by atoms with Gasteiger partial charge in [0.1, 0.15) is 0 Å². The quantitative estimate of drug-likeness (QED) is 0.839. The van der Waals surface area contributed by atoms with Crippen LogP contribution >= 0.6 is 0 Å². The van der Waals surface area contributed by atoms with Gasteiger partial charge >= 0.3 is 5.97 Å². The summed E-state index contributed by atoms with van der Waals surface area (Å²) in [5.41, 5.74) is 5.85. The number of rotatable bonds is 4. The molecule has 106 valence electrons. The highest BCUT2D eigenvalue weighted by molar-refractivity contribution is 5.99. The van der Waals surface area contributed by atoms with Gasteiger partial charge in [-0.2, -0.15) is 0 Å². The molecule has 1 unspecified atom stereocenters. The van der Waals surface area contributed by atoms with E-state index >= 15 is 0 Å². The molecular weight excluding hydrogens is 260 g/mol. The van der Waals surface area contributed by atoms with Crippen LogP contribution in [0.2, 0.25) is 0 Å². The third kappa shape index (κ3) is 2.64. The van der Waals surface area contributed by atoms with Crippen molar-refractivity contribution >= 4 is 17.8 Å². The Balaban J connectivity index is 2.02. The minimum absolute atomic E-state index is 0.0178. The van der Waals surface area contributed by atoms with Crippen molar-refractivity contribution in [1.82, 2.24) is 4.90 Å². The summed E-state index contributed by atoms with van der Waals surface area (Å²) in [5, 5.41) is 8.90. The SMILES string of the molecule is CC(C(=O)O)C1CN(C(=O)c2cccc(C(N)=O)c2)C1. The fraction of sp³-hybridized carbons (Fsp3) is 0.357. The Morgan fingerprint density at radius 1 is 1.30 bits per heavy atom. The Kier molecular flexibility index (Phi) is 3.74. The van der Waals surface area contributed by atoms with Crippen LogP contribution in [0.3, 0.4) is 0 Å². The van der Waals surface area contributed by atoms with Gasteiger partial charge in [-0.1, -0.05) is 13.0 Å². The molecule has 0 radical (unpaired) electrons. The average molecular weight is 276 g/mol. The summed E-state index contributed by atoms with van der Waals surface area (Å²) in [6.45, 7) is 2.49. The Morgan fingerprint density at radius 3 is 2.45 bits per heavy atom. The van der Waals surface area contributed by atoms with Crippen LogP contribution in [0.15, 0.2) is 24.3 Å². The fourth-order valence-electron chi connectivity index (χ4n) is 2.18. The van der Waals surface area contributed by atoms with Crippen LogP contribution in [-0.4, -0.2) is 40.9 Å². The molecule has 1 atom stereocenters. The van der Waals surface area contributed by atoms with E-state index in [2.05, 4.69) is 0 Å². The second-order valence-corrected chi connectivity index (χ2v) is 5.04. The number of nitrogens with two attached hydrogens (primary N) is 1. The minimum Gasteiger partial charge on any atom is -0.481 e. The molecule has 6 nitrogen and oxygen atoms in total. The number of likely N-dealkylation sites (tertiary alicyclic amines) is 1. The normalized spacial score (nSPS) is 16.4. The van der Waals surface area contributed by atoms with Crippen molar-refractivity contribution in [2.45, 2.75) is 6.92 Å². The molecule has 1 aromatic rings. The van der Waals surface area contributed by atoms with Crippen LogP contribution in [0.4, 0.5) is 0 Å². The van der Waals surface area contributed by atoms with Crippen molar-refractivity contribution in [3.8, 4) is 0 Å². The molecule has 6 heteroatoms. The largest absolute Gasteiger partial charge is 0.481 e. The molecule has 1 aliphatic heterocycles. The van der Waals surface area contributed by atoms with Crippen molar-refractivity contribution in [3.63, 3.8) is 0 Å². The summed E-state index contributed by atoms with van der Waals surface area (Å²) in [5.74, 6) is -2.12. The fourth-order valence-corrected chi connectivity index (χ4v) is 2.18. The molecule has 0 saturated carbocycles. The molecule has 20 heavy (non-hydrogen) atoms. The Labute approximate surface area is 116 Å². The average Bonchev–Trinajstić information content (AvgIpc) is 2.36. The smallest absolute Gasteiger partial charge is 0.306 e. The van der Waals surface area contributed by atoms with Gasteiger partial charge in [-0.15, -0.1) is 0 Å². The number of benzene rings is 1. The number of carboxylic acid groups (broad SMARTS) is 1.